The molecule has 0 aliphatic rings. The summed E-state index contributed by atoms with van der Waals surface area (Å²) < 4.78 is 13.7. The molecule has 2 heterocycles. The van der Waals surface area contributed by atoms with Gasteiger partial charge in [-0.25, -0.2) is 9.37 Å². The van der Waals surface area contributed by atoms with E-state index < -0.39 is 5.82 Å². The monoisotopic (exact) mass is 228 g/mol. The number of hydrogen-bond donors (Lipinski definition) is 2. The maximum Gasteiger partial charge on any atom is 0.141 e. The zero-order valence-electron chi connectivity index (χ0n) is 8.81. The van der Waals surface area contributed by atoms with E-state index in [1.54, 1.807) is 30.6 Å². The van der Waals surface area contributed by atoms with Gasteiger partial charge >= 0.3 is 0 Å². The van der Waals surface area contributed by atoms with E-state index in [9.17, 15) is 4.39 Å². The molecule has 1 aromatic carbocycles. The second-order valence-corrected chi connectivity index (χ2v) is 3.72. The smallest absolute Gasteiger partial charge is 0.141 e. The molecule has 84 valence electrons. The fourth-order valence-corrected chi connectivity index (χ4v) is 1.71. The molecule has 4 nitrogen and oxygen atoms in total. The van der Waals surface area contributed by atoms with Crippen LogP contribution in [0.15, 0.2) is 36.7 Å². The number of nitrogen functional groups attached to an aromatic ring is 1. The Morgan fingerprint density at radius 1 is 1.24 bits per heavy atom. The van der Waals surface area contributed by atoms with Crippen LogP contribution in [0.25, 0.3) is 22.4 Å². The predicted octanol–water partition coefficient (Wildman–Crippen LogP) is 2.35. The molecular weight excluding hydrogens is 219 g/mol. The summed E-state index contributed by atoms with van der Waals surface area (Å²) in [7, 11) is 0. The number of rotatable bonds is 1. The molecule has 0 saturated carbocycles. The number of imidazole rings is 1. The van der Waals surface area contributed by atoms with Crippen LogP contribution in [-0.2, 0) is 0 Å². The molecule has 2 aromatic heterocycles. The third-order valence-electron chi connectivity index (χ3n) is 2.53. The van der Waals surface area contributed by atoms with Gasteiger partial charge in [-0.3, -0.25) is 4.98 Å². The Morgan fingerprint density at radius 2 is 2.12 bits per heavy atom. The van der Waals surface area contributed by atoms with E-state index in [0.717, 1.165) is 11.0 Å². The minimum Gasteiger partial charge on any atom is -0.399 e. The van der Waals surface area contributed by atoms with Gasteiger partial charge in [0.1, 0.15) is 11.6 Å². The number of pyridine rings is 1. The van der Waals surface area contributed by atoms with E-state index in [0.29, 0.717) is 17.1 Å². The Bertz CT molecular complexity index is 657. The molecule has 3 aromatic rings. The van der Waals surface area contributed by atoms with E-state index >= 15 is 0 Å². The minimum absolute atomic E-state index is 0.392. The van der Waals surface area contributed by atoms with Crippen LogP contribution in [0.2, 0.25) is 0 Å². The Balaban J connectivity index is 2.20. The first kappa shape index (κ1) is 9.77. The quantitative estimate of drug-likeness (QED) is 0.628. The van der Waals surface area contributed by atoms with Crippen molar-refractivity contribution >= 4 is 16.7 Å². The van der Waals surface area contributed by atoms with Gasteiger partial charge in [-0.2, -0.15) is 0 Å². The number of aromatic nitrogens is 3. The topological polar surface area (TPSA) is 67.6 Å². The van der Waals surface area contributed by atoms with E-state index in [1.807, 2.05) is 0 Å². The molecule has 0 atom stereocenters. The third kappa shape index (κ3) is 1.61. The second-order valence-electron chi connectivity index (χ2n) is 3.72. The van der Waals surface area contributed by atoms with Crippen LogP contribution in [0.5, 0.6) is 0 Å². The van der Waals surface area contributed by atoms with E-state index in [2.05, 4.69) is 15.0 Å². The van der Waals surface area contributed by atoms with Crippen molar-refractivity contribution < 1.29 is 4.39 Å². The van der Waals surface area contributed by atoms with Crippen LogP contribution in [0, 0.1) is 5.82 Å². The highest BCUT2D eigenvalue weighted by molar-refractivity contribution is 5.78. The summed E-state index contributed by atoms with van der Waals surface area (Å²) in [6.45, 7) is 0. The van der Waals surface area contributed by atoms with Gasteiger partial charge in [0.25, 0.3) is 0 Å². The summed E-state index contributed by atoms with van der Waals surface area (Å²) in [5.41, 5.74) is 7.82. The van der Waals surface area contributed by atoms with Gasteiger partial charge < -0.3 is 10.7 Å². The maximum absolute atomic E-state index is 13.7. The van der Waals surface area contributed by atoms with Gasteiger partial charge in [0, 0.05) is 11.9 Å². The first-order chi connectivity index (χ1) is 8.24. The Hall–Kier alpha value is -2.43. The molecule has 0 amide bonds. The van der Waals surface area contributed by atoms with Gasteiger partial charge in [0.2, 0.25) is 0 Å². The number of aromatic amines is 1. The van der Waals surface area contributed by atoms with Gasteiger partial charge in [0.05, 0.1) is 22.8 Å². The van der Waals surface area contributed by atoms with Crippen LogP contribution in [0.4, 0.5) is 10.1 Å². The summed E-state index contributed by atoms with van der Waals surface area (Å²) in [6, 6.07) is 6.30. The van der Waals surface area contributed by atoms with Crippen LogP contribution in [0.1, 0.15) is 0 Å². The number of benzene rings is 1. The number of nitrogens with one attached hydrogen (secondary N) is 1. The zero-order chi connectivity index (χ0) is 11.8. The molecular formula is C12H9FN4. The van der Waals surface area contributed by atoms with Crippen molar-refractivity contribution in [1.29, 1.82) is 0 Å². The molecule has 5 heteroatoms. The van der Waals surface area contributed by atoms with Crippen molar-refractivity contribution in [2.24, 2.45) is 0 Å². The highest BCUT2D eigenvalue weighted by Crippen LogP contribution is 2.23. The van der Waals surface area contributed by atoms with Crippen molar-refractivity contribution in [3.8, 4) is 11.4 Å². The highest BCUT2D eigenvalue weighted by Gasteiger charge is 2.09. The van der Waals surface area contributed by atoms with Crippen LogP contribution in [-0.4, -0.2) is 15.0 Å². The normalized spacial score (nSPS) is 10.9. The minimum atomic E-state index is -0.392. The molecule has 0 fully saturated rings. The predicted molar refractivity (Wildman–Crippen MR) is 63.7 cm³/mol. The number of hydrogen-bond acceptors (Lipinski definition) is 3. The van der Waals surface area contributed by atoms with E-state index in [4.69, 9.17) is 5.73 Å². The zero-order valence-corrected chi connectivity index (χ0v) is 8.81. The molecule has 0 saturated heterocycles. The van der Waals surface area contributed by atoms with Crippen LogP contribution >= 0.6 is 0 Å². The summed E-state index contributed by atoms with van der Waals surface area (Å²) >= 11 is 0. The van der Waals surface area contributed by atoms with Crippen molar-refractivity contribution in [3.63, 3.8) is 0 Å². The number of nitrogens with zero attached hydrogens (tertiary/aromatic N) is 2. The SMILES string of the molecule is Nc1ccc(-c2nc3ccncc3[nH]2)c(F)c1. The number of H-pyrrole nitrogens is 1. The molecule has 0 aliphatic heterocycles. The molecule has 0 spiro atoms. The molecule has 0 unspecified atom stereocenters. The lowest BCUT2D eigenvalue weighted by Crippen LogP contribution is -1.90. The Labute approximate surface area is 96.3 Å². The van der Waals surface area contributed by atoms with Gasteiger partial charge in [-0.05, 0) is 24.3 Å². The lowest BCUT2D eigenvalue weighted by molar-refractivity contribution is 0.631. The molecule has 0 aliphatic carbocycles. The lowest BCUT2D eigenvalue weighted by Gasteiger charge is -1.99. The first-order valence-corrected chi connectivity index (χ1v) is 5.09. The largest absolute Gasteiger partial charge is 0.399 e. The van der Waals surface area contributed by atoms with Crippen LogP contribution in [0.3, 0.4) is 0 Å². The Morgan fingerprint density at radius 3 is 2.88 bits per heavy atom. The van der Waals surface area contributed by atoms with Gasteiger partial charge in [-0.1, -0.05) is 0 Å². The Kier molecular flexibility index (Phi) is 2.04. The van der Waals surface area contributed by atoms with Crippen molar-refractivity contribution in [2.75, 3.05) is 5.73 Å². The van der Waals surface area contributed by atoms with Crippen molar-refractivity contribution in [3.05, 3.63) is 42.5 Å². The number of anilines is 1. The van der Waals surface area contributed by atoms with Crippen molar-refractivity contribution in [2.45, 2.75) is 0 Å². The highest BCUT2D eigenvalue weighted by atomic mass is 19.1. The second kappa shape index (κ2) is 3.55. The average Bonchev–Trinajstić information content (AvgIpc) is 2.72. The summed E-state index contributed by atoms with van der Waals surface area (Å²) in [4.78, 5) is 11.3. The van der Waals surface area contributed by atoms with Gasteiger partial charge in [-0.15, -0.1) is 0 Å². The number of fused-ring (bicyclic) bond motifs is 1. The van der Waals surface area contributed by atoms with Crippen molar-refractivity contribution in [1.82, 2.24) is 15.0 Å². The number of nitrogens with two attached hydrogens (primary N) is 1. The first-order valence-electron chi connectivity index (χ1n) is 5.09. The van der Waals surface area contributed by atoms with E-state index in [1.165, 1.54) is 6.07 Å². The fourth-order valence-electron chi connectivity index (χ4n) is 1.71. The number of halogens is 1. The molecule has 0 bridgehead atoms. The fraction of sp³-hybridized carbons (Fsp3) is 0. The third-order valence-corrected chi connectivity index (χ3v) is 2.53. The molecule has 3 rings (SSSR count). The standard InChI is InChI=1S/C12H9FN4/c13-9-5-7(14)1-2-8(9)12-16-10-3-4-15-6-11(10)17-12/h1-6H,14H2,(H,16,17). The maximum atomic E-state index is 13.7. The average molecular weight is 228 g/mol. The lowest BCUT2D eigenvalue weighted by atomic mass is 10.2. The molecule has 0 radical (unpaired) electrons. The molecule has 17 heavy (non-hydrogen) atoms. The molecule has 3 N–H and O–H groups in total. The summed E-state index contributed by atoms with van der Waals surface area (Å²) in [5, 5.41) is 0. The van der Waals surface area contributed by atoms with Crippen LogP contribution < -0.4 is 5.73 Å². The summed E-state index contributed by atoms with van der Waals surface area (Å²) in [5.74, 6) is 0.0857. The summed E-state index contributed by atoms with van der Waals surface area (Å²) in [6.07, 6.45) is 3.30. The van der Waals surface area contributed by atoms with Gasteiger partial charge in [0.15, 0.2) is 0 Å². The van der Waals surface area contributed by atoms with E-state index in [-0.39, 0.29) is 0 Å².